The maximum absolute atomic E-state index is 12.7. The Morgan fingerprint density at radius 1 is 0.810 bits per heavy atom. The topological polar surface area (TPSA) is 68.3 Å². The first kappa shape index (κ1) is 15.1. The zero-order valence-corrected chi connectivity index (χ0v) is 12.5. The van der Waals surface area contributed by atoms with Crippen molar-refractivity contribution in [3.8, 4) is 0 Å². The maximum Gasteiger partial charge on any atom is 0.207 e. The van der Waals surface area contributed by atoms with Gasteiger partial charge < -0.3 is 0 Å². The van der Waals surface area contributed by atoms with Gasteiger partial charge in [0.2, 0.25) is 9.84 Å². The minimum atomic E-state index is -3.84. The fourth-order valence-electron chi connectivity index (χ4n) is 2.14. The number of Topliss-reactive ketones (excluding diaryl/α,β-unsaturated/α-hetero) is 2. The molecule has 0 atom stereocenters. The van der Waals surface area contributed by atoms with E-state index >= 15 is 0 Å². The monoisotopic (exact) mass is 302 g/mol. The molecule has 4 nitrogen and oxygen atoms in total. The zero-order valence-electron chi connectivity index (χ0n) is 11.7. The second-order valence-corrected chi connectivity index (χ2v) is 6.53. The molecular formula is C16H14O4S. The highest BCUT2D eigenvalue weighted by atomic mass is 32.2. The van der Waals surface area contributed by atoms with E-state index in [-0.39, 0.29) is 26.7 Å². The molecule has 0 unspecified atom stereocenters. The highest BCUT2D eigenvalue weighted by Crippen LogP contribution is 2.27. The Hall–Kier alpha value is -2.27. The van der Waals surface area contributed by atoms with Crippen LogP contribution in [0.3, 0.4) is 0 Å². The van der Waals surface area contributed by atoms with Crippen LogP contribution < -0.4 is 0 Å². The van der Waals surface area contributed by atoms with E-state index in [0.717, 1.165) is 0 Å². The second-order valence-electron chi connectivity index (χ2n) is 4.61. The summed E-state index contributed by atoms with van der Waals surface area (Å²) in [6, 6.07) is 12.1. The molecule has 0 radical (unpaired) electrons. The number of sulfone groups is 1. The Bertz CT molecular complexity index is 805. The number of ketones is 2. The van der Waals surface area contributed by atoms with Gasteiger partial charge in [-0.15, -0.1) is 0 Å². The number of benzene rings is 2. The highest BCUT2D eigenvalue weighted by Gasteiger charge is 2.26. The van der Waals surface area contributed by atoms with Crippen molar-refractivity contribution in [3.05, 3.63) is 59.7 Å². The van der Waals surface area contributed by atoms with Crippen LogP contribution in [0.2, 0.25) is 0 Å². The van der Waals surface area contributed by atoms with E-state index in [1.807, 2.05) is 0 Å². The molecule has 0 spiro atoms. The van der Waals surface area contributed by atoms with Crippen molar-refractivity contribution in [1.29, 1.82) is 0 Å². The van der Waals surface area contributed by atoms with Crippen LogP contribution in [-0.2, 0) is 9.84 Å². The molecular weight excluding hydrogens is 288 g/mol. The van der Waals surface area contributed by atoms with Gasteiger partial charge in [0.1, 0.15) is 0 Å². The van der Waals surface area contributed by atoms with Crippen molar-refractivity contribution in [2.45, 2.75) is 23.6 Å². The first-order chi connectivity index (χ1) is 9.85. The van der Waals surface area contributed by atoms with Crippen molar-refractivity contribution < 1.29 is 18.0 Å². The summed E-state index contributed by atoms with van der Waals surface area (Å²) in [5, 5.41) is 0. The largest absolute Gasteiger partial charge is 0.294 e. The summed E-state index contributed by atoms with van der Waals surface area (Å²) in [5.74, 6) is -0.791. The minimum Gasteiger partial charge on any atom is -0.294 e. The molecule has 0 aliphatic carbocycles. The summed E-state index contributed by atoms with van der Waals surface area (Å²) < 4.78 is 25.3. The average molecular weight is 302 g/mol. The number of hydrogen-bond donors (Lipinski definition) is 0. The van der Waals surface area contributed by atoms with Gasteiger partial charge in [0, 0.05) is 11.1 Å². The van der Waals surface area contributed by atoms with Crippen LogP contribution in [0.1, 0.15) is 34.6 Å². The van der Waals surface area contributed by atoms with E-state index in [2.05, 4.69) is 0 Å². The summed E-state index contributed by atoms with van der Waals surface area (Å²) in [6.45, 7) is 2.56. The van der Waals surface area contributed by atoms with Gasteiger partial charge in [-0.25, -0.2) is 8.42 Å². The lowest BCUT2D eigenvalue weighted by Gasteiger charge is -2.11. The molecule has 0 N–H and O–H groups in total. The Morgan fingerprint density at radius 3 is 1.95 bits per heavy atom. The molecule has 0 amide bonds. The summed E-state index contributed by atoms with van der Waals surface area (Å²) in [7, 11) is -3.84. The predicted octanol–water partition coefficient (Wildman–Crippen LogP) is 2.92. The van der Waals surface area contributed by atoms with Crippen LogP contribution in [0.25, 0.3) is 0 Å². The Labute approximate surface area is 123 Å². The summed E-state index contributed by atoms with van der Waals surface area (Å²) in [5.41, 5.74) is 0.0772. The first-order valence-electron chi connectivity index (χ1n) is 6.30. The van der Waals surface area contributed by atoms with E-state index in [1.165, 1.54) is 44.2 Å². The van der Waals surface area contributed by atoms with Crippen LogP contribution in [0.15, 0.2) is 58.3 Å². The van der Waals surface area contributed by atoms with Crippen molar-refractivity contribution in [1.82, 2.24) is 0 Å². The van der Waals surface area contributed by atoms with Gasteiger partial charge in [-0.3, -0.25) is 9.59 Å². The van der Waals surface area contributed by atoms with Crippen LogP contribution in [0.4, 0.5) is 0 Å². The molecule has 2 aromatic rings. The summed E-state index contributed by atoms with van der Waals surface area (Å²) in [4.78, 5) is 23.5. The van der Waals surface area contributed by atoms with E-state index in [9.17, 15) is 18.0 Å². The van der Waals surface area contributed by atoms with E-state index in [0.29, 0.717) is 0 Å². The van der Waals surface area contributed by atoms with Gasteiger partial charge in [0.15, 0.2) is 11.6 Å². The summed E-state index contributed by atoms with van der Waals surface area (Å²) >= 11 is 0. The van der Waals surface area contributed by atoms with Crippen molar-refractivity contribution in [3.63, 3.8) is 0 Å². The molecule has 5 heteroatoms. The molecule has 2 aromatic carbocycles. The molecule has 0 saturated heterocycles. The molecule has 0 bridgehead atoms. The number of hydrogen-bond acceptors (Lipinski definition) is 4. The van der Waals surface area contributed by atoms with Crippen LogP contribution in [-0.4, -0.2) is 20.0 Å². The lowest BCUT2D eigenvalue weighted by Crippen LogP contribution is -2.13. The molecule has 0 aliphatic rings. The third-order valence-electron chi connectivity index (χ3n) is 3.10. The standard InChI is InChI=1S/C16H14O4S/c1-11(17)14-9-6-10-15(16(14)12(2)18)21(19,20)13-7-4-3-5-8-13/h3-10H,1-2H3. The minimum absolute atomic E-state index is 0.0474. The van der Waals surface area contributed by atoms with Gasteiger partial charge in [-0.2, -0.15) is 0 Å². The first-order valence-corrected chi connectivity index (χ1v) is 7.79. The second kappa shape index (κ2) is 5.61. The third-order valence-corrected chi connectivity index (χ3v) is 4.91. The lowest BCUT2D eigenvalue weighted by atomic mass is 10.0. The van der Waals surface area contributed by atoms with E-state index in [1.54, 1.807) is 18.2 Å². The maximum atomic E-state index is 12.7. The zero-order chi connectivity index (χ0) is 15.6. The smallest absolute Gasteiger partial charge is 0.207 e. The SMILES string of the molecule is CC(=O)c1cccc(S(=O)(=O)c2ccccc2)c1C(C)=O. The predicted molar refractivity (Wildman–Crippen MR) is 78.3 cm³/mol. The third kappa shape index (κ3) is 2.78. The molecule has 108 valence electrons. The van der Waals surface area contributed by atoms with Crippen molar-refractivity contribution >= 4 is 21.4 Å². The quantitative estimate of drug-likeness (QED) is 0.814. The number of carbonyl (C=O) groups is 2. The fourth-order valence-corrected chi connectivity index (χ4v) is 3.69. The Kier molecular flexibility index (Phi) is 4.04. The summed E-state index contributed by atoms with van der Waals surface area (Å²) in [6.07, 6.45) is 0. The van der Waals surface area contributed by atoms with Crippen molar-refractivity contribution in [2.24, 2.45) is 0 Å². The Morgan fingerprint density at radius 2 is 1.43 bits per heavy atom. The highest BCUT2D eigenvalue weighted by molar-refractivity contribution is 7.91. The van der Waals surface area contributed by atoms with Crippen LogP contribution >= 0.6 is 0 Å². The van der Waals surface area contributed by atoms with Gasteiger partial charge in [-0.1, -0.05) is 30.3 Å². The molecule has 0 fully saturated rings. The normalized spacial score (nSPS) is 11.1. The van der Waals surface area contributed by atoms with Gasteiger partial charge in [-0.05, 0) is 32.0 Å². The van der Waals surface area contributed by atoms with Gasteiger partial charge in [0.25, 0.3) is 0 Å². The molecule has 0 saturated carbocycles. The van der Waals surface area contributed by atoms with Crippen molar-refractivity contribution in [2.75, 3.05) is 0 Å². The van der Waals surface area contributed by atoms with E-state index < -0.39 is 15.6 Å². The van der Waals surface area contributed by atoms with Gasteiger partial charge >= 0.3 is 0 Å². The van der Waals surface area contributed by atoms with Gasteiger partial charge in [0.05, 0.1) is 9.79 Å². The number of rotatable bonds is 4. The lowest BCUT2D eigenvalue weighted by molar-refractivity contribution is 0.0978. The molecule has 0 heterocycles. The average Bonchev–Trinajstić information content (AvgIpc) is 2.47. The molecule has 0 aromatic heterocycles. The molecule has 21 heavy (non-hydrogen) atoms. The Balaban J connectivity index is 2.79. The number of carbonyl (C=O) groups excluding carboxylic acids is 2. The fraction of sp³-hybridized carbons (Fsp3) is 0.125. The van der Waals surface area contributed by atoms with Crippen LogP contribution in [0, 0.1) is 0 Å². The molecule has 0 aliphatic heterocycles. The molecule has 2 rings (SSSR count). The van der Waals surface area contributed by atoms with Crippen LogP contribution in [0.5, 0.6) is 0 Å². The van der Waals surface area contributed by atoms with E-state index in [4.69, 9.17) is 0 Å².